The molecule has 0 N–H and O–H groups in total. The van der Waals surface area contributed by atoms with Gasteiger partial charge in [0.1, 0.15) is 5.66 Å². The van der Waals surface area contributed by atoms with E-state index in [1.54, 1.807) is 0 Å². The second-order valence-electron chi connectivity index (χ2n) is 3.53. The van der Waals surface area contributed by atoms with Crippen LogP contribution in [0.4, 0.5) is 0 Å². The molecule has 1 atom stereocenters. The predicted octanol–water partition coefficient (Wildman–Crippen LogP) is 1.96. The largest absolute Gasteiger partial charge is 0.351 e. The van der Waals surface area contributed by atoms with Gasteiger partial charge in [-0.1, -0.05) is 6.08 Å². The van der Waals surface area contributed by atoms with Gasteiger partial charge in [0.05, 0.1) is 0 Å². The molecule has 1 unspecified atom stereocenters. The molecule has 74 valence electrons. The van der Waals surface area contributed by atoms with Crippen LogP contribution < -0.4 is 0 Å². The van der Waals surface area contributed by atoms with Crippen molar-refractivity contribution in [3.05, 3.63) is 42.9 Å². The molecule has 0 saturated heterocycles. The molecule has 1 aromatic heterocycles. The van der Waals surface area contributed by atoms with Crippen molar-refractivity contribution in [1.82, 2.24) is 14.7 Å². The van der Waals surface area contributed by atoms with Crippen molar-refractivity contribution in [2.24, 2.45) is 0 Å². The number of aromatic nitrogens is 2. The fraction of sp³-hybridized carbons (Fsp3) is 0.364. The second kappa shape index (κ2) is 3.33. The Hall–Kier alpha value is -1.51. The molecule has 1 aromatic rings. The summed E-state index contributed by atoms with van der Waals surface area (Å²) in [5.74, 6) is 0. The topological polar surface area (TPSA) is 21.1 Å². The van der Waals surface area contributed by atoms with Gasteiger partial charge in [-0.2, -0.15) is 5.10 Å². The quantitative estimate of drug-likeness (QED) is 0.709. The summed E-state index contributed by atoms with van der Waals surface area (Å²) in [7, 11) is 0. The summed E-state index contributed by atoms with van der Waals surface area (Å²) < 4.78 is 1.97. The Morgan fingerprint density at radius 2 is 2.21 bits per heavy atom. The fourth-order valence-corrected chi connectivity index (χ4v) is 1.81. The van der Waals surface area contributed by atoms with E-state index in [4.69, 9.17) is 0 Å². The van der Waals surface area contributed by atoms with Gasteiger partial charge in [-0.15, -0.1) is 0 Å². The normalized spacial score (nSPS) is 25.7. The third-order valence-corrected chi connectivity index (χ3v) is 2.68. The first-order valence-corrected chi connectivity index (χ1v) is 4.90. The highest BCUT2D eigenvalue weighted by molar-refractivity contribution is 5.16. The van der Waals surface area contributed by atoms with Crippen molar-refractivity contribution >= 4 is 0 Å². The Kier molecular flexibility index (Phi) is 2.15. The Morgan fingerprint density at radius 3 is 2.86 bits per heavy atom. The zero-order chi connectivity index (χ0) is 10.0. The molecule has 0 aromatic carbocycles. The first kappa shape index (κ1) is 9.06. The summed E-state index contributed by atoms with van der Waals surface area (Å²) in [5, 5.41) is 4.30. The predicted molar refractivity (Wildman–Crippen MR) is 56.5 cm³/mol. The number of nitrogens with zero attached hydrogens (tertiary/aromatic N) is 3. The molecule has 0 bridgehead atoms. The molecule has 3 nitrogen and oxygen atoms in total. The SMILES string of the molecule is CCN1C=CC=CC1(C)n1cccn1. The van der Waals surface area contributed by atoms with Gasteiger partial charge in [0, 0.05) is 25.1 Å². The summed E-state index contributed by atoms with van der Waals surface area (Å²) in [6.45, 7) is 5.27. The molecule has 0 saturated carbocycles. The minimum absolute atomic E-state index is 0.160. The number of rotatable bonds is 2. The van der Waals surface area contributed by atoms with Crippen molar-refractivity contribution in [1.29, 1.82) is 0 Å². The zero-order valence-corrected chi connectivity index (χ0v) is 8.59. The average molecular weight is 189 g/mol. The molecule has 2 heterocycles. The second-order valence-corrected chi connectivity index (χ2v) is 3.53. The molecule has 2 rings (SSSR count). The van der Waals surface area contributed by atoms with Gasteiger partial charge in [-0.05, 0) is 32.1 Å². The molecule has 0 aliphatic carbocycles. The number of hydrogen-bond donors (Lipinski definition) is 0. The van der Waals surface area contributed by atoms with E-state index < -0.39 is 0 Å². The lowest BCUT2D eigenvalue weighted by molar-refractivity contribution is 0.125. The number of hydrogen-bond acceptors (Lipinski definition) is 2. The molecule has 0 fully saturated rings. The van der Waals surface area contributed by atoms with Gasteiger partial charge < -0.3 is 4.90 Å². The smallest absolute Gasteiger partial charge is 0.149 e. The van der Waals surface area contributed by atoms with Gasteiger partial charge in [0.25, 0.3) is 0 Å². The third-order valence-electron chi connectivity index (χ3n) is 2.68. The highest BCUT2D eigenvalue weighted by atomic mass is 15.4. The summed E-state index contributed by atoms with van der Waals surface area (Å²) >= 11 is 0. The minimum Gasteiger partial charge on any atom is -0.351 e. The van der Waals surface area contributed by atoms with Crippen LogP contribution in [0, 0.1) is 0 Å². The van der Waals surface area contributed by atoms with E-state index in [1.165, 1.54) is 0 Å². The first-order chi connectivity index (χ1) is 6.77. The van der Waals surface area contributed by atoms with Crippen LogP contribution in [0.2, 0.25) is 0 Å². The lowest BCUT2D eigenvalue weighted by Crippen LogP contribution is -2.45. The third kappa shape index (κ3) is 1.25. The van der Waals surface area contributed by atoms with Crippen LogP contribution in [0.15, 0.2) is 42.9 Å². The molecule has 3 heteroatoms. The van der Waals surface area contributed by atoms with E-state index in [-0.39, 0.29) is 5.66 Å². The van der Waals surface area contributed by atoms with E-state index >= 15 is 0 Å². The Bertz CT molecular complexity index is 351. The van der Waals surface area contributed by atoms with Crippen molar-refractivity contribution in [3.8, 4) is 0 Å². The maximum Gasteiger partial charge on any atom is 0.149 e. The highest BCUT2D eigenvalue weighted by Gasteiger charge is 2.29. The van der Waals surface area contributed by atoms with E-state index in [1.807, 2.05) is 23.1 Å². The number of likely N-dealkylation sites (N-methyl/N-ethyl adjacent to an activating group) is 1. The molecule has 0 spiro atoms. The van der Waals surface area contributed by atoms with Crippen LogP contribution in [0.3, 0.4) is 0 Å². The van der Waals surface area contributed by atoms with Gasteiger partial charge in [-0.25, -0.2) is 4.68 Å². The van der Waals surface area contributed by atoms with Crippen LogP contribution in [0.25, 0.3) is 0 Å². The monoisotopic (exact) mass is 189 g/mol. The maximum absolute atomic E-state index is 4.30. The Morgan fingerprint density at radius 1 is 1.36 bits per heavy atom. The number of allylic oxidation sites excluding steroid dienone is 2. The van der Waals surface area contributed by atoms with Gasteiger partial charge >= 0.3 is 0 Å². The molecule has 14 heavy (non-hydrogen) atoms. The van der Waals surface area contributed by atoms with Crippen LogP contribution in [-0.2, 0) is 5.66 Å². The van der Waals surface area contributed by atoms with Crippen molar-refractivity contribution in [2.45, 2.75) is 19.5 Å². The van der Waals surface area contributed by atoms with E-state index in [2.05, 4.69) is 48.3 Å². The lowest BCUT2D eigenvalue weighted by Gasteiger charge is -2.39. The van der Waals surface area contributed by atoms with Gasteiger partial charge in [0.15, 0.2) is 0 Å². The zero-order valence-electron chi connectivity index (χ0n) is 8.59. The van der Waals surface area contributed by atoms with E-state index in [0.717, 1.165) is 6.54 Å². The van der Waals surface area contributed by atoms with E-state index in [0.29, 0.717) is 0 Å². The van der Waals surface area contributed by atoms with Crippen LogP contribution in [0.5, 0.6) is 0 Å². The Labute approximate surface area is 84.3 Å². The lowest BCUT2D eigenvalue weighted by atomic mass is 10.1. The summed E-state index contributed by atoms with van der Waals surface area (Å²) in [6.07, 6.45) is 12.2. The first-order valence-electron chi connectivity index (χ1n) is 4.90. The van der Waals surface area contributed by atoms with Gasteiger partial charge in [-0.3, -0.25) is 0 Å². The molecule has 1 aliphatic rings. The van der Waals surface area contributed by atoms with Crippen LogP contribution >= 0.6 is 0 Å². The van der Waals surface area contributed by atoms with Crippen molar-refractivity contribution < 1.29 is 0 Å². The highest BCUT2D eigenvalue weighted by Crippen LogP contribution is 2.25. The molecule has 0 amide bonds. The van der Waals surface area contributed by atoms with E-state index in [9.17, 15) is 0 Å². The molecule has 1 aliphatic heterocycles. The summed E-state index contributed by atoms with van der Waals surface area (Å²) in [5.41, 5.74) is -0.160. The summed E-state index contributed by atoms with van der Waals surface area (Å²) in [4.78, 5) is 2.25. The Balaban J connectivity index is 2.39. The molecule has 0 radical (unpaired) electrons. The maximum atomic E-state index is 4.30. The minimum atomic E-state index is -0.160. The standard InChI is InChI=1S/C11H15N3/c1-3-13-9-5-4-7-11(13,2)14-10-6-8-12-14/h4-10H,3H2,1-2H3. The summed E-state index contributed by atoms with van der Waals surface area (Å²) in [6, 6.07) is 1.95. The molecular weight excluding hydrogens is 174 g/mol. The van der Waals surface area contributed by atoms with Crippen LogP contribution in [0.1, 0.15) is 13.8 Å². The van der Waals surface area contributed by atoms with Gasteiger partial charge in [0.2, 0.25) is 0 Å². The average Bonchev–Trinajstić information content (AvgIpc) is 2.72. The van der Waals surface area contributed by atoms with Crippen molar-refractivity contribution in [2.75, 3.05) is 6.54 Å². The van der Waals surface area contributed by atoms with Crippen LogP contribution in [-0.4, -0.2) is 21.2 Å². The fourth-order valence-electron chi connectivity index (χ4n) is 1.81. The van der Waals surface area contributed by atoms with Crippen molar-refractivity contribution in [3.63, 3.8) is 0 Å². The molecular formula is C11H15N3.